The van der Waals surface area contributed by atoms with Crippen LogP contribution in [0.15, 0.2) is 0 Å². The number of rotatable bonds is 6. The topological polar surface area (TPSA) is 64.6 Å². The average molecular weight is 285 g/mol. The summed E-state index contributed by atoms with van der Waals surface area (Å²) in [6.45, 7) is 9.48. The molecule has 0 radical (unpaired) electrons. The molecule has 0 bridgehead atoms. The first-order chi connectivity index (χ1) is 9.21. The van der Waals surface area contributed by atoms with Crippen LogP contribution in [-0.2, 0) is 14.3 Å². The van der Waals surface area contributed by atoms with Crippen molar-refractivity contribution in [2.24, 2.45) is 5.92 Å². The Morgan fingerprint density at radius 1 is 1.30 bits per heavy atom. The van der Waals surface area contributed by atoms with Gasteiger partial charge in [-0.2, -0.15) is 0 Å². The van der Waals surface area contributed by atoms with Crippen LogP contribution in [0.1, 0.15) is 60.3 Å². The van der Waals surface area contributed by atoms with Crippen LogP contribution in [0.3, 0.4) is 0 Å². The quantitative estimate of drug-likeness (QED) is 0.762. The molecule has 1 amide bonds. The molecule has 0 aliphatic heterocycles. The maximum atomic E-state index is 12.1. The SMILES string of the molecule is CCC(C)C[C@H](NC(=O)OC(C)(C)C)C(=O)OC1CC1. The van der Waals surface area contributed by atoms with Gasteiger partial charge in [0.05, 0.1) is 0 Å². The Morgan fingerprint density at radius 2 is 1.90 bits per heavy atom. The molecule has 20 heavy (non-hydrogen) atoms. The molecule has 0 aromatic carbocycles. The molecule has 1 fully saturated rings. The second-order valence-electron chi connectivity index (χ2n) is 6.58. The van der Waals surface area contributed by atoms with Crippen molar-refractivity contribution in [3.05, 3.63) is 0 Å². The van der Waals surface area contributed by atoms with Gasteiger partial charge >= 0.3 is 12.1 Å². The van der Waals surface area contributed by atoms with E-state index in [4.69, 9.17) is 9.47 Å². The summed E-state index contributed by atoms with van der Waals surface area (Å²) in [7, 11) is 0. The van der Waals surface area contributed by atoms with E-state index in [9.17, 15) is 9.59 Å². The van der Waals surface area contributed by atoms with E-state index in [1.54, 1.807) is 20.8 Å². The number of ether oxygens (including phenoxy) is 2. The number of alkyl carbamates (subject to hydrolysis) is 1. The van der Waals surface area contributed by atoms with Crippen LogP contribution in [0.25, 0.3) is 0 Å². The van der Waals surface area contributed by atoms with Gasteiger partial charge in [0.25, 0.3) is 0 Å². The Balaban J connectivity index is 2.56. The Bertz CT molecular complexity index is 344. The second kappa shape index (κ2) is 6.95. The summed E-state index contributed by atoms with van der Waals surface area (Å²) in [4.78, 5) is 23.9. The number of carbonyl (C=O) groups is 2. The maximum absolute atomic E-state index is 12.1. The molecule has 1 aliphatic rings. The van der Waals surface area contributed by atoms with Crippen LogP contribution in [0.4, 0.5) is 4.79 Å². The summed E-state index contributed by atoms with van der Waals surface area (Å²) >= 11 is 0. The smallest absolute Gasteiger partial charge is 0.408 e. The van der Waals surface area contributed by atoms with Crippen molar-refractivity contribution in [1.29, 1.82) is 0 Å². The van der Waals surface area contributed by atoms with Crippen molar-refractivity contribution < 1.29 is 19.1 Å². The van der Waals surface area contributed by atoms with Crippen molar-refractivity contribution in [2.75, 3.05) is 0 Å². The van der Waals surface area contributed by atoms with Gasteiger partial charge in [-0.1, -0.05) is 20.3 Å². The van der Waals surface area contributed by atoms with Crippen molar-refractivity contribution in [2.45, 2.75) is 78.0 Å². The third kappa shape index (κ3) is 6.78. The predicted octanol–water partition coefficient (Wildman–Crippen LogP) is 3.02. The predicted molar refractivity (Wildman–Crippen MR) is 76.3 cm³/mol. The Morgan fingerprint density at radius 3 is 2.35 bits per heavy atom. The second-order valence-corrected chi connectivity index (χ2v) is 6.58. The summed E-state index contributed by atoms with van der Waals surface area (Å²) in [6.07, 6.45) is 2.84. The molecule has 2 atom stereocenters. The van der Waals surface area contributed by atoms with E-state index >= 15 is 0 Å². The van der Waals surface area contributed by atoms with Crippen molar-refractivity contribution in [1.82, 2.24) is 5.32 Å². The van der Waals surface area contributed by atoms with E-state index in [-0.39, 0.29) is 12.1 Å². The highest BCUT2D eigenvalue weighted by molar-refractivity contribution is 5.81. The highest BCUT2D eigenvalue weighted by Crippen LogP contribution is 2.25. The first kappa shape index (κ1) is 16.8. The lowest BCUT2D eigenvalue weighted by atomic mass is 9.99. The fourth-order valence-electron chi connectivity index (χ4n) is 1.67. The zero-order valence-electron chi connectivity index (χ0n) is 13.2. The van der Waals surface area contributed by atoms with Crippen molar-refractivity contribution in [3.8, 4) is 0 Å². The Hall–Kier alpha value is -1.26. The summed E-state index contributed by atoms with van der Waals surface area (Å²) in [6, 6.07) is -0.625. The van der Waals surface area contributed by atoms with Gasteiger partial charge in [0.2, 0.25) is 0 Å². The molecular formula is C15H27NO4. The van der Waals surface area contributed by atoms with Crippen LogP contribution in [0, 0.1) is 5.92 Å². The highest BCUT2D eigenvalue weighted by Gasteiger charge is 2.32. The number of hydrogen-bond acceptors (Lipinski definition) is 4. The van der Waals surface area contributed by atoms with Crippen LogP contribution in [-0.4, -0.2) is 29.8 Å². The van der Waals surface area contributed by atoms with Crippen LogP contribution in [0.5, 0.6) is 0 Å². The van der Waals surface area contributed by atoms with E-state index in [0.717, 1.165) is 19.3 Å². The third-order valence-electron chi connectivity index (χ3n) is 3.12. The van der Waals surface area contributed by atoms with E-state index in [0.29, 0.717) is 12.3 Å². The maximum Gasteiger partial charge on any atom is 0.408 e. The fraction of sp³-hybridized carbons (Fsp3) is 0.867. The van der Waals surface area contributed by atoms with Gasteiger partial charge in [-0.25, -0.2) is 9.59 Å². The lowest BCUT2D eigenvalue weighted by molar-refractivity contribution is -0.147. The van der Waals surface area contributed by atoms with Crippen LogP contribution in [0.2, 0.25) is 0 Å². The number of nitrogens with one attached hydrogen (secondary N) is 1. The minimum atomic E-state index is -0.625. The molecule has 1 rings (SSSR count). The van der Waals surface area contributed by atoms with E-state index in [1.807, 2.05) is 6.92 Å². The molecule has 5 heteroatoms. The average Bonchev–Trinajstić information content (AvgIpc) is 3.09. The van der Waals surface area contributed by atoms with Crippen molar-refractivity contribution in [3.63, 3.8) is 0 Å². The Labute approximate surface area is 121 Å². The number of amides is 1. The van der Waals surface area contributed by atoms with E-state index in [2.05, 4.69) is 12.2 Å². The van der Waals surface area contributed by atoms with Gasteiger partial charge in [-0.05, 0) is 46.0 Å². The van der Waals surface area contributed by atoms with Gasteiger partial charge in [0.1, 0.15) is 17.7 Å². The minimum Gasteiger partial charge on any atom is -0.461 e. The molecule has 1 N–H and O–H groups in total. The molecule has 1 aliphatic carbocycles. The summed E-state index contributed by atoms with van der Waals surface area (Å²) in [5.74, 6) is -0.0136. The molecular weight excluding hydrogens is 258 g/mol. The monoisotopic (exact) mass is 285 g/mol. The van der Waals surface area contributed by atoms with Gasteiger partial charge in [0.15, 0.2) is 0 Å². The fourth-order valence-corrected chi connectivity index (χ4v) is 1.67. The lowest BCUT2D eigenvalue weighted by Gasteiger charge is -2.24. The molecule has 0 spiro atoms. The highest BCUT2D eigenvalue weighted by atomic mass is 16.6. The van der Waals surface area contributed by atoms with Gasteiger partial charge < -0.3 is 14.8 Å². The van der Waals surface area contributed by atoms with Crippen LogP contribution >= 0.6 is 0 Å². The lowest BCUT2D eigenvalue weighted by Crippen LogP contribution is -2.45. The van der Waals surface area contributed by atoms with Gasteiger partial charge in [-0.15, -0.1) is 0 Å². The van der Waals surface area contributed by atoms with Crippen LogP contribution < -0.4 is 5.32 Å². The zero-order valence-corrected chi connectivity index (χ0v) is 13.2. The minimum absolute atomic E-state index is 0.0439. The normalized spacial score (nSPS) is 18.1. The number of hydrogen-bond donors (Lipinski definition) is 1. The first-order valence-electron chi connectivity index (χ1n) is 7.41. The zero-order chi connectivity index (χ0) is 15.3. The summed E-state index contributed by atoms with van der Waals surface area (Å²) in [5.41, 5.74) is -0.578. The molecule has 0 heterocycles. The molecule has 5 nitrogen and oxygen atoms in total. The van der Waals surface area contributed by atoms with E-state index in [1.165, 1.54) is 0 Å². The molecule has 0 aromatic heterocycles. The van der Waals surface area contributed by atoms with E-state index < -0.39 is 17.7 Å². The largest absolute Gasteiger partial charge is 0.461 e. The number of esters is 1. The molecule has 0 aromatic rings. The Kier molecular flexibility index (Phi) is 5.84. The molecule has 1 unspecified atom stereocenters. The third-order valence-corrected chi connectivity index (χ3v) is 3.12. The summed E-state index contributed by atoms with van der Waals surface area (Å²) < 4.78 is 10.5. The standard InChI is InChI=1S/C15H27NO4/c1-6-10(2)9-12(13(17)19-11-7-8-11)16-14(18)20-15(3,4)5/h10-12H,6-9H2,1-5H3,(H,16,18)/t10?,12-/m0/s1. The molecule has 116 valence electrons. The summed E-state index contributed by atoms with van der Waals surface area (Å²) in [5, 5.41) is 2.64. The first-order valence-corrected chi connectivity index (χ1v) is 7.41. The number of carbonyl (C=O) groups excluding carboxylic acids is 2. The van der Waals surface area contributed by atoms with Gasteiger partial charge in [0, 0.05) is 0 Å². The molecule has 0 saturated heterocycles. The van der Waals surface area contributed by atoms with Gasteiger partial charge in [-0.3, -0.25) is 0 Å². The van der Waals surface area contributed by atoms with Crippen molar-refractivity contribution >= 4 is 12.1 Å². The molecule has 1 saturated carbocycles.